The standard InChI is InChI=1S/C22H31FN2O4S/c1-24-13-22(9-3-2-4-10-22)14-29-20-12-19(23)18(11-17(20)15-5-6-15)21(26)25-30(27,28)16-7-8-16/h11-13,15-16,21,25-26H,2-10,14H2,1H3. The normalized spacial score (nSPS) is 22.9. The fourth-order valence-corrected chi connectivity index (χ4v) is 5.78. The molecule has 0 saturated heterocycles. The molecule has 0 aromatic heterocycles. The largest absolute Gasteiger partial charge is 0.492 e. The maximum absolute atomic E-state index is 14.9. The molecular formula is C22H31FN2O4S. The highest BCUT2D eigenvalue weighted by atomic mass is 32.2. The van der Waals surface area contributed by atoms with E-state index in [-0.39, 0.29) is 16.9 Å². The Balaban J connectivity index is 1.54. The van der Waals surface area contributed by atoms with Gasteiger partial charge in [0.1, 0.15) is 17.8 Å². The molecule has 0 aliphatic heterocycles. The predicted octanol–water partition coefficient (Wildman–Crippen LogP) is 3.81. The van der Waals surface area contributed by atoms with Crippen LogP contribution in [0.4, 0.5) is 4.39 Å². The zero-order valence-electron chi connectivity index (χ0n) is 17.4. The molecule has 0 heterocycles. The van der Waals surface area contributed by atoms with Crippen LogP contribution in [0.5, 0.6) is 5.75 Å². The Kier molecular flexibility index (Phi) is 6.19. The first-order chi connectivity index (χ1) is 14.3. The Labute approximate surface area is 178 Å². The molecule has 0 spiro atoms. The second-order valence-electron chi connectivity index (χ2n) is 9.05. The Morgan fingerprint density at radius 3 is 2.57 bits per heavy atom. The van der Waals surface area contributed by atoms with Gasteiger partial charge < -0.3 is 14.8 Å². The summed E-state index contributed by atoms with van der Waals surface area (Å²) >= 11 is 0. The quantitative estimate of drug-likeness (QED) is 0.453. The van der Waals surface area contributed by atoms with E-state index < -0.39 is 27.3 Å². The number of nitrogens with one attached hydrogen (secondary N) is 1. The number of hydrogen-bond acceptors (Lipinski definition) is 5. The summed E-state index contributed by atoms with van der Waals surface area (Å²) in [7, 11) is -1.86. The molecule has 1 aromatic carbocycles. The minimum absolute atomic E-state index is 0.0454. The minimum atomic E-state index is -3.63. The molecule has 8 heteroatoms. The molecule has 3 aliphatic rings. The summed E-state index contributed by atoms with van der Waals surface area (Å²) in [5.41, 5.74) is 0.675. The zero-order valence-corrected chi connectivity index (χ0v) is 18.3. The lowest BCUT2D eigenvalue weighted by Gasteiger charge is -2.33. The van der Waals surface area contributed by atoms with Gasteiger partial charge in [0.15, 0.2) is 0 Å². The van der Waals surface area contributed by atoms with Gasteiger partial charge in [-0.3, -0.25) is 0 Å². The summed E-state index contributed by atoms with van der Waals surface area (Å²) in [6.07, 6.45) is 8.97. The Hall–Kier alpha value is -1.51. The van der Waals surface area contributed by atoms with Crippen LogP contribution in [0.25, 0.3) is 0 Å². The molecule has 166 valence electrons. The van der Waals surface area contributed by atoms with E-state index in [0.717, 1.165) is 44.1 Å². The van der Waals surface area contributed by atoms with Crippen molar-refractivity contribution in [1.82, 2.24) is 4.72 Å². The van der Waals surface area contributed by atoms with Gasteiger partial charge >= 0.3 is 0 Å². The molecule has 0 amide bonds. The van der Waals surface area contributed by atoms with Crippen LogP contribution in [0.3, 0.4) is 0 Å². The average Bonchev–Trinajstić information content (AvgIpc) is 3.59. The van der Waals surface area contributed by atoms with Crippen LogP contribution in [-0.4, -0.2) is 38.6 Å². The summed E-state index contributed by atoms with van der Waals surface area (Å²) in [5, 5.41) is 9.91. The van der Waals surface area contributed by atoms with Crippen molar-refractivity contribution < 1.29 is 22.7 Å². The maximum atomic E-state index is 14.9. The Bertz CT molecular complexity index is 904. The number of nitrogens with zero attached hydrogens (tertiary/aromatic N) is 1. The van der Waals surface area contributed by atoms with E-state index in [9.17, 15) is 17.9 Å². The smallest absolute Gasteiger partial charge is 0.216 e. The van der Waals surface area contributed by atoms with E-state index in [1.807, 2.05) is 6.21 Å². The van der Waals surface area contributed by atoms with Crippen molar-refractivity contribution in [3.8, 4) is 5.75 Å². The van der Waals surface area contributed by atoms with Crippen LogP contribution in [-0.2, 0) is 10.0 Å². The number of benzene rings is 1. The number of ether oxygens (including phenoxy) is 1. The van der Waals surface area contributed by atoms with Gasteiger partial charge in [-0.2, -0.15) is 4.72 Å². The van der Waals surface area contributed by atoms with Gasteiger partial charge in [0.2, 0.25) is 10.0 Å². The molecule has 6 nitrogen and oxygen atoms in total. The maximum Gasteiger partial charge on any atom is 0.216 e. The lowest BCUT2D eigenvalue weighted by Crippen LogP contribution is -2.33. The van der Waals surface area contributed by atoms with Gasteiger partial charge in [-0.15, -0.1) is 0 Å². The minimum Gasteiger partial charge on any atom is -0.492 e. The third-order valence-corrected chi connectivity index (χ3v) is 8.35. The number of aliphatic hydroxyl groups excluding tert-OH is 1. The van der Waals surface area contributed by atoms with Crippen LogP contribution in [0.1, 0.15) is 81.1 Å². The number of halogens is 1. The van der Waals surface area contributed by atoms with E-state index in [4.69, 9.17) is 4.74 Å². The van der Waals surface area contributed by atoms with Crippen molar-refractivity contribution in [2.24, 2.45) is 10.4 Å². The number of aliphatic hydroxyl groups is 1. The van der Waals surface area contributed by atoms with Crippen molar-refractivity contribution in [3.05, 3.63) is 29.1 Å². The highest BCUT2D eigenvalue weighted by Gasteiger charge is 2.38. The van der Waals surface area contributed by atoms with E-state index in [1.165, 1.54) is 12.5 Å². The second kappa shape index (κ2) is 8.55. The van der Waals surface area contributed by atoms with Gasteiger partial charge in [0.25, 0.3) is 0 Å². The lowest BCUT2D eigenvalue weighted by molar-refractivity contribution is 0.157. The van der Waals surface area contributed by atoms with Gasteiger partial charge in [-0.1, -0.05) is 19.3 Å². The van der Waals surface area contributed by atoms with Crippen LogP contribution >= 0.6 is 0 Å². The van der Waals surface area contributed by atoms with E-state index in [2.05, 4.69) is 9.71 Å². The predicted molar refractivity (Wildman–Crippen MR) is 114 cm³/mol. The molecule has 0 bridgehead atoms. The first kappa shape index (κ1) is 21.7. The molecular weight excluding hydrogens is 407 g/mol. The molecule has 3 saturated carbocycles. The van der Waals surface area contributed by atoms with Crippen molar-refractivity contribution in [2.45, 2.75) is 75.2 Å². The third-order valence-electron chi connectivity index (χ3n) is 6.45. The SMILES string of the molecule is CN=CC1(COc2cc(F)c(C(O)NS(=O)(=O)C3CC3)cc2C2CC2)CCCCC1. The number of hydrogen-bond donors (Lipinski definition) is 2. The van der Waals surface area contributed by atoms with Crippen LogP contribution in [0.15, 0.2) is 17.1 Å². The molecule has 2 N–H and O–H groups in total. The Morgan fingerprint density at radius 1 is 1.27 bits per heavy atom. The summed E-state index contributed by atoms with van der Waals surface area (Å²) in [5.74, 6) is 0.0847. The first-order valence-corrected chi connectivity index (χ1v) is 12.5. The third kappa shape index (κ3) is 4.86. The average molecular weight is 439 g/mol. The van der Waals surface area contributed by atoms with Crippen molar-refractivity contribution >= 4 is 16.2 Å². The van der Waals surface area contributed by atoms with Crippen LogP contribution in [0.2, 0.25) is 0 Å². The van der Waals surface area contributed by atoms with Gasteiger partial charge in [0, 0.05) is 30.3 Å². The fraction of sp³-hybridized carbons (Fsp3) is 0.682. The molecule has 1 unspecified atom stereocenters. The van der Waals surface area contributed by atoms with Crippen LogP contribution < -0.4 is 9.46 Å². The van der Waals surface area contributed by atoms with Gasteiger partial charge in [-0.25, -0.2) is 12.8 Å². The molecule has 1 aromatic rings. The monoisotopic (exact) mass is 438 g/mol. The van der Waals surface area contributed by atoms with Crippen molar-refractivity contribution in [1.29, 1.82) is 0 Å². The number of rotatable bonds is 9. The number of sulfonamides is 1. The molecule has 1 atom stereocenters. The topological polar surface area (TPSA) is 88.0 Å². The lowest BCUT2D eigenvalue weighted by atomic mass is 9.75. The zero-order chi connectivity index (χ0) is 21.4. The molecule has 3 fully saturated rings. The molecule has 30 heavy (non-hydrogen) atoms. The van der Waals surface area contributed by atoms with Gasteiger partial charge in [0.05, 0.1) is 11.9 Å². The summed E-state index contributed by atoms with van der Waals surface area (Å²) in [4.78, 5) is 4.24. The van der Waals surface area contributed by atoms with Crippen molar-refractivity contribution in [3.63, 3.8) is 0 Å². The van der Waals surface area contributed by atoms with E-state index >= 15 is 0 Å². The van der Waals surface area contributed by atoms with Crippen molar-refractivity contribution in [2.75, 3.05) is 13.7 Å². The summed E-state index contributed by atoms with van der Waals surface area (Å²) in [6.45, 7) is 0.444. The Morgan fingerprint density at radius 2 is 1.97 bits per heavy atom. The van der Waals surface area contributed by atoms with E-state index in [1.54, 1.807) is 13.1 Å². The fourth-order valence-electron chi connectivity index (χ4n) is 4.39. The summed E-state index contributed by atoms with van der Waals surface area (Å²) in [6, 6.07) is 2.88. The molecule has 4 rings (SSSR count). The van der Waals surface area contributed by atoms with E-state index in [0.29, 0.717) is 25.2 Å². The number of aliphatic imine (C=N–C) groups is 1. The highest BCUT2D eigenvalue weighted by molar-refractivity contribution is 7.90. The molecule has 0 radical (unpaired) electrons. The van der Waals surface area contributed by atoms with Crippen LogP contribution in [0, 0.1) is 11.2 Å². The first-order valence-electron chi connectivity index (χ1n) is 10.9. The second-order valence-corrected chi connectivity index (χ2v) is 11.0. The summed E-state index contributed by atoms with van der Waals surface area (Å²) < 4.78 is 47.5. The molecule has 3 aliphatic carbocycles. The van der Waals surface area contributed by atoms with Gasteiger partial charge in [-0.05, 0) is 56.1 Å². The highest BCUT2D eigenvalue weighted by Crippen LogP contribution is 2.46.